The molecule has 4 nitrogen and oxygen atoms in total. The van der Waals surface area contributed by atoms with Crippen molar-refractivity contribution >= 4 is 17.6 Å². The lowest BCUT2D eigenvalue weighted by molar-refractivity contribution is 0.207. The van der Waals surface area contributed by atoms with Gasteiger partial charge in [0, 0.05) is 18.1 Å². The highest BCUT2D eigenvalue weighted by Gasteiger charge is 2.11. The van der Waals surface area contributed by atoms with Crippen LogP contribution < -0.4 is 4.80 Å². The highest BCUT2D eigenvalue weighted by molar-refractivity contribution is 7.07. The molecule has 0 radical (unpaired) electrons. The SMILES string of the molecule is COCCN=c1scc(-c2cc(C)c(C)cc2C)n1/N=C\c1ccccc1. The Balaban J connectivity index is 2.10. The van der Waals surface area contributed by atoms with Crippen LogP contribution in [0.1, 0.15) is 22.3 Å². The van der Waals surface area contributed by atoms with Gasteiger partial charge in [0.1, 0.15) is 0 Å². The summed E-state index contributed by atoms with van der Waals surface area (Å²) in [7, 11) is 1.69. The molecule has 3 aromatic rings. The molecule has 0 amide bonds. The zero-order valence-electron chi connectivity index (χ0n) is 16.3. The summed E-state index contributed by atoms with van der Waals surface area (Å²) in [6.07, 6.45) is 1.88. The number of thiazole rings is 1. The number of methoxy groups -OCH3 is 1. The van der Waals surface area contributed by atoms with E-state index in [1.807, 2.05) is 41.2 Å². The summed E-state index contributed by atoms with van der Waals surface area (Å²) in [5, 5.41) is 6.88. The Labute approximate surface area is 164 Å². The Kier molecular flexibility index (Phi) is 6.37. The van der Waals surface area contributed by atoms with E-state index in [-0.39, 0.29) is 0 Å². The Morgan fingerprint density at radius 2 is 1.78 bits per heavy atom. The number of rotatable bonds is 6. The van der Waals surface area contributed by atoms with Crippen molar-refractivity contribution in [1.82, 2.24) is 4.68 Å². The fourth-order valence-electron chi connectivity index (χ4n) is 2.84. The number of ether oxygens (including phenoxy) is 1. The minimum Gasteiger partial charge on any atom is -0.383 e. The van der Waals surface area contributed by atoms with Crippen molar-refractivity contribution in [3.05, 3.63) is 74.9 Å². The van der Waals surface area contributed by atoms with E-state index in [0.29, 0.717) is 13.2 Å². The number of hydrogen-bond acceptors (Lipinski definition) is 4. The van der Waals surface area contributed by atoms with Crippen LogP contribution in [-0.4, -0.2) is 31.2 Å². The van der Waals surface area contributed by atoms with Crippen LogP contribution in [0.15, 0.2) is 57.9 Å². The standard InChI is InChI=1S/C22H25N3OS/c1-16-12-18(3)20(13-17(16)2)21-15-27-22(23-10-11-26-4)25(21)24-14-19-8-6-5-7-9-19/h5-9,12-15H,10-11H2,1-4H3/b23-22?,24-14-. The van der Waals surface area contributed by atoms with E-state index in [2.05, 4.69) is 43.3 Å². The molecule has 27 heavy (non-hydrogen) atoms. The fourth-order valence-corrected chi connectivity index (χ4v) is 3.69. The van der Waals surface area contributed by atoms with E-state index in [1.54, 1.807) is 18.4 Å². The molecule has 0 saturated heterocycles. The summed E-state index contributed by atoms with van der Waals surface area (Å²) < 4.78 is 7.07. The van der Waals surface area contributed by atoms with Gasteiger partial charge in [-0.2, -0.15) is 5.10 Å². The Morgan fingerprint density at radius 1 is 1.04 bits per heavy atom. The number of aromatic nitrogens is 1. The van der Waals surface area contributed by atoms with E-state index in [0.717, 1.165) is 16.1 Å². The second kappa shape index (κ2) is 8.93. The smallest absolute Gasteiger partial charge is 0.206 e. The van der Waals surface area contributed by atoms with Crippen molar-refractivity contribution in [2.75, 3.05) is 20.3 Å². The van der Waals surface area contributed by atoms with Gasteiger partial charge >= 0.3 is 0 Å². The highest BCUT2D eigenvalue weighted by Crippen LogP contribution is 2.27. The van der Waals surface area contributed by atoms with Gasteiger partial charge in [-0.3, -0.25) is 4.99 Å². The van der Waals surface area contributed by atoms with Crippen LogP contribution in [0.25, 0.3) is 11.3 Å². The third kappa shape index (κ3) is 4.62. The van der Waals surface area contributed by atoms with E-state index < -0.39 is 0 Å². The maximum absolute atomic E-state index is 5.14. The monoisotopic (exact) mass is 379 g/mol. The Bertz CT molecular complexity index is 1000. The zero-order chi connectivity index (χ0) is 19.2. The average Bonchev–Trinajstić information content (AvgIpc) is 3.06. The first-order valence-corrected chi connectivity index (χ1v) is 9.85. The van der Waals surface area contributed by atoms with Crippen molar-refractivity contribution in [2.45, 2.75) is 20.8 Å². The van der Waals surface area contributed by atoms with Crippen molar-refractivity contribution in [2.24, 2.45) is 10.1 Å². The predicted octanol–water partition coefficient (Wildman–Crippen LogP) is 4.57. The van der Waals surface area contributed by atoms with Gasteiger partial charge in [-0.15, -0.1) is 11.3 Å². The lowest BCUT2D eigenvalue weighted by Gasteiger charge is -2.10. The second-order valence-corrected chi connectivity index (χ2v) is 7.33. The number of aryl methyl sites for hydroxylation is 3. The van der Waals surface area contributed by atoms with Crippen LogP contribution >= 0.6 is 11.3 Å². The van der Waals surface area contributed by atoms with Crippen molar-refractivity contribution in [3.63, 3.8) is 0 Å². The van der Waals surface area contributed by atoms with Crippen LogP contribution in [0.3, 0.4) is 0 Å². The van der Waals surface area contributed by atoms with E-state index in [9.17, 15) is 0 Å². The molecule has 0 aliphatic heterocycles. The van der Waals surface area contributed by atoms with Crippen LogP contribution in [0, 0.1) is 20.8 Å². The summed E-state index contributed by atoms with van der Waals surface area (Å²) >= 11 is 1.60. The normalized spacial score (nSPS) is 12.2. The molecule has 2 aromatic carbocycles. The molecular weight excluding hydrogens is 354 g/mol. The number of nitrogens with zero attached hydrogens (tertiary/aromatic N) is 3. The highest BCUT2D eigenvalue weighted by atomic mass is 32.1. The van der Waals surface area contributed by atoms with Gasteiger partial charge in [0.2, 0.25) is 4.80 Å². The zero-order valence-corrected chi connectivity index (χ0v) is 17.1. The summed E-state index contributed by atoms with van der Waals surface area (Å²) in [5.41, 5.74) is 7.12. The first kappa shape index (κ1) is 19.3. The third-order valence-corrected chi connectivity index (χ3v) is 5.32. The molecule has 1 heterocycles. The molecule has 0 aliphatic rings. The molecule has 0 unspecified atom stereocenters. The summed E-state index contributed by atoms with van der Waals surface area (Å²) in [5.74, 6) is 0. The van der Waals surface area contributed by atoms with Gasteiger partial charge in [0.05, 0.1) is 25.1 Å². The van der Waals surface area contributed by atoms with Gasteiger partial charge in [-0.05, 0) is 49.1 Å². The predicted molar refractivity (Wildman–Crippen MR) is 114 cm³/mol. The van der Waals surface area contributed by atoms with Crippen molar-refractivity contribution < 1.29 is 4.74 Å². The average molecular weight is 380 g/mol. The molecule has 0 atom stereocenters. The maximum Gasteiger partial charge on any atom is 0.206 e. The minimum atomic E-state index is 0.596. The quantitative estimate of drug-likeness (QED) is 0.457. The van der Waals surface area contributed by atoms with Crippen LogP contribution in [0.5, 0.6) is 0 Å². The maximum atomic E-state index is 5.14. The van der Waals surface area contributed by atoms with Crippen molar-refractivity contribution in [1.29, 1.82) is 0 Å². The third-order valence-electron chi connectivity index (χ3n) is 4.47. The summed E-state index contributed by atoms with van der Waals surface area (Å²) in [4.78, 5) is 5.53. The van der Waals surface area contributed by atoms with Crippen molar-refractivity contribution in [3.8, 4) is 11.3 Å². The van der Waals surface area contributed by atoms with E-state index >= 15 is 0 Å². The molecule has 5 heteroatoms. The molecule has 0 bridgehead atoms. The molecule has 0 aliphatic carbocycles. The first-order chi connectivity index (χ1) is 13.1. The lowest BCUT2D eigenvalue weighted by atomic mass is 9.99. The Hall–Kier alpha value is -2.50. The van der Waals surface area contributed by atoms with E-state index in [1.165, 1.54) is 22.3 Å². The molecule has 0 saturated carbocycles. The molecule has 3 rings (SSSR count). The topological polar surface area (TPSA) is 38.9 Å². The largest absolute Gasteiger partial charge is 0.383 e. The second-order valence-electron chi connectivity index (χ2n) is 6.50. The Morgan fingerprint density at radius 3 is 2.52 bits per heavy atom. The first-order valence-electron chi connectivity index (χ1n) is 8.97. The van der Waals surface area contributed by atoms with Gasteiger partial charge in [0.25, 0.3) is 0 Å². The molecule has 0 fully saturated rings. The van der Waals surface area contributed by atoms with Crippen LogP contribution in [0.4, 0.5) is 0 Å². The summed E-state index contributed by atoms with van der Waals surface area (Å²) in [6.45, 7) is 7.65. The number of hydrogen-bond donors (Lipinski definition) is 0. The molecule has 140 valence electrons. The van der Waals surface area contributed by atoms with E-state index in [4.69, 9.17) is 9.84 Å². The van der Waals surface area contributed by atoms with Gasteiger partial charge in [-0.25, -0.2) is 4.68 Å². The molecular formula is C22H25N3OS. The molecule has 0 N–H and O–H groups in total. The van der Waals surface area contributed by atoms with Gasteiger partial charge in [0.15, 0.2) is 0 Å². The number of benzene rings is 2. The summed E-state index contributed by atoms with van der Waals surface area (Å²) in [6, 6.07) is 14.6. The van der Waals surface area contributed by atoms with Gasteiger partial charge in [-0.1, -0.05) is 36.4 Å². The minimum absolute atomic E-state index is 0.596. The van der Waals surface area contributed by atoms with Crippen LogP contribution in [-0.2, 0) is 4.74 Å². The molecule has 0 spiro atoms. The van der Waals surface area contributed by atoms with Gasteiger partial charge < -0.3 is 4.74 Å². The fraction of sp³-hybridized carbons (Fsp3) is 0.273. The van der Waals surface area contributed by atoms with Crippen LogP contribution in [0.2, 0.25) is 0 Å². The molecule has 1 aromatic heterocycles. The lowest BCUT2D eigenvalue weighted by Crippen LogP contribution is -2.14.